The molecule has 0 spiro atoms. The molecule has 0 aromatic carbocycles. The molecular weight excluding hydrogens is 148 g/mol. The number of hydrogen-bond donors (Lipinski definition) is 3. The van der Waals surface area contributed by atoms with Gasteiger partial charge >= 0.3 is 6.09 Å². The van der Waals surface area contributed by atoms with Crippen molar-refractivity contribution >= 4 is 12.0 Å². The van der Waals surface area contributed by atoms with Gasteiger partial charge < -0.3 is 15.7 Å². The minimum Gasteiger partial charge on any atom is -0.465 e. The highest BCUT2D eigenvalue weighted by atomic mass is 16.4. The normalized spacial score (nSPS) is 29.7. The van der Waals surface area contributed by atoms with Crippen LogP contribution in [0.1, 0.15) is 13.3 Å². The quantitative estimate of drug-likeness (QED) is 0.482. The average Bonchev–Trinajstić information content (AvgIpc) is 2.09. The first-order valence-electron chi connectivity index (χ1n) is 3.39. The third-order valence-electron chi connectivity index (χ3n) is 1.59. The van der Waals surface area contributed by atoms with E-state index in [1.54, 1.807) is 0 Å². The molecule has 2 atom stereocenters. The zero-order chi connectivity index (χ0) is 8.43. The molecule has 1 heterocycles. The average molecular weight is 158 g/mol. The lowest BCUT2D eigenvalue weighted by molar-refractivity contribution is -0.120. The maximum atomic E-state index is 10.9. The van der Waals surface area contributed by atoms with Gasteiger partial charge in [-0.1, -0.05) is 0 Å². The predicted molar refractivity (Wildman–Crippen MR) is 37.2 cm³/mol. The summed E-state index contributed by atoms with van der Waals surface area (Å²) in [5.41, 5.74) is 0. The van der Waals surface area contributed by atoms with Crippen LogP contribution in [-0.4, -0.2) is 29.2 Å². The fourth-order valence-electron chi connectivity index (χ4n) is 1.14. The van der Waals surface area contributed by atoms with Crippen molar-refractivity contribution in [3.63, 3.8) is 0 Å². The molecule has 0 unspecified atom stereocenters. The van der Waals surface area contributed by atoms with Gasteiger partial charge in [-0.25, -0.2) is 4.79 Å². The molecule has 1 rings (SSSR count). The Bertz CT molecular complexity index is 192. The van der Waals surface area contributed by atoms with E-state index in [1.807, 2.05) is 6.92 Å². The van der Waals surface area contributed by atoms with Crippen LogP contribution in [0.25, 0.3) is 0 Å². The molecule has 0 aliphatic carbocycles. The summed E-state index contributed by atoms with van der Waals surface area (Å²) >= 11 is 0. The summed E-state index contributed by atoms with van der Waals surface area (Å²) in [5, 5.41) is 13.0. The lowest BCUT2D eigenvalue weighted by atomic mass is 10.2. The topological polar surface area (TPSA) is 78.4 Å². The number of carbonyl (C=O) groups is 2. The third kappa shape index (κ3) is 1.83. The first-order chi connectivity index (χ1) is 5.09. The van der Waals surface area contributed by atoms with Crippen LogP contribution in [0.2, 0.25) is 0 Å². The molecule has 1 fully saturated rings. The van der Waals surface area contributed by atoms with E-state index in [0.29, 0.717) is 6.42 Å². The van der Waals surface area contributed by atoms with Gasteiger partial charge in [0.1, 0.15) is 6.04 Å². The van der Waals surface area contributed by atoms with Crippen molar-refractivity contribution in [1.82, 2.24) is 10.6 Å². The lowest BCUT2D eigenvalue weighted by Gasteiger charge is -2.04. The molecule has 0 saturated carbocycles. The molecule has 1 saturated heterocycles. The van der Waals surface area contributed by atoms with Crippen LogP contribution >= 0.6 is 0 Å². The SMILES string of the molecule is C[C@H]1C[C@@H](NC(=O)O)C(=O)N1. The van der Waals surface area contributed by atoms with Gasteiger partial charge in [-0.05, 0) is 13.3 Å². The molecule has 5 heteroatoms. The van der Waals surface area contributed by atoms with Crippen molar-refractivity contribution in [3.05, 3.63) is 0 Å². The highest BCUT2D eigenvalue weighted by molar-refractivity contribution is 5.87. The Labute approximate surface area is 63.8 Å². The van der Waals surface area contributed by atoms with E-state index in [4.69, 9.17) is 5.11 Å². The highest BCUT2D eigenvalue weighted by Gasteiger charge is 2.30. The number of hydrogen-bond acceptors (Lipinski definition) is 2. The number of rotatable bonds is 1. The van der Waals surface area contributed by atoms with E-state index in [2.05, 4.69) is 10.6 Å². The van der Waals surface area contributed by atoms with Crippen LogP contribution in [0.3, 0.4) is 0 Å². The standard InChI is InChI=1S/C6H10N2O3/c1-3-2-4(5(9)7-3)8-6(10)11/h3-4,8H,2H2,1H3,(H,7,9)(H,10,11)/t3-,4+/m0/s1. The van der Waals surface area contributed by atoms with E-state index in [-0.39, 0.29) is 11.9 Å². The lowest BCUT2D eigenvalue weighted by Crippen LogP contribution is -2.39. The third-order valence-corrected chi connectivity index (χ3v) is 1.59. The van der Waals surface area contributed by atoms with E-state index in [9.17, 15) is 9.59 Å². The molecule has 0 radical (unpaired) electrons. The van der Waals surface area contributed by atoms with Crippen molar-refractivity contribution in [1.29, 1.82) is 0 Å². The van der Waals surface area contributed by atoms with E-state index in [0.717, 1.165) is 0 Å². The van der Waals surface area contributed by atoms with Gasteiger partial charge in [0.05, 0.1) is 0 Å². The molecule has 3 N–H and O–H groups in total. The second kappa shape index (κ2) is 2.77. The van der Waals surface area contributed by atoms with Gasteiger partial charge in [0.25, 0.3) is 0 Å². The smallest absolute Gasteiger partial charge is 0.405 e. The molecule has 0 bridgehead atoms. The summed E-state index contributed by atoms with van der Waals surface area (Å²) in [6.45, 7) is 1.83. The molecule has 0 aromatic rings. The highest BCUT2D eigenvalue weighted by Crippen LogP contribution is 2.06. The second-order valence-electron chi connectivity index (χ2n) is 2.65. The van der Waals surface area contributed by atoms with E-state index < -0.39 is 12.1 Å². The summed E-state index contributed by atoms with van der Waals surface area (Å²) in [6, 6.07) is -0.498. The fraction of sp³-hybridized carbons (Fsp3) is 0.667. The zero-order valence-electron chi connectivity index (χ0n) is 6.13. The van der Waals surface area contributed by atoms with Gasteiger partial charge in [0, 0.05) is 6.04 Å². The zero-order valence-corrected chi connectivity index (χ0v) is 6.13. The Morgan fingerprint density at radius 1 is 1.82 bits per heavy atom. The summed E-state index contributed by atoms with van der Waals surface area (Å²) in [5.74, 6) is -0.236. The van der Waals surface area contributed by atoms with Crippen molar-refractivity contribution in [3.8, 4) is 0 Å². The molecule has 1 aliphatic heterocycles. The van der Waals surface area contributed by atoms with Crippen LogP contribution < -0.4 is 10.6 Å². The second-order valence-corrected chi connectivity index (χ2v) is 2.65. The van der Waals surface area contributed by atoms with Crippen LogP contribution in [0, 0.1) is 0 Å². The Morgan fingerprint density at radius 3 is 2.82 bits per heavy atom. The monoisotopic (exact) mass is 158 g/mol. The van der Waals surface area contributed by atoms with Crippen molar-refractivity contribution in [2.45, 2.75) is 25.4 Å². The Hall–Kier alpha value is -1.26. The number of carboxylic acid groups (broad SMARTS) is 1. The Balaban J connectivity index is 2.47. The van der Waals surface area contributed by atoms with E-state index >= 15 is 0 Å². The Kier molecular flexibility index (Phi) is 1.98. The first kappa shape index (κ1) is 7.84. The largest absolute Gasteiger partial charge is 0.465 e. The van der Waals surface area contributed by atoms with Crippen LogP contribution in [0.15, 0.2) is 0 Å². The van der Waals surface area contributed by atoms with Gasteiger partial charge in [-0.3, -0.25) is 4.79 Å². The minimum atomic E-state index is -1.15. The van der Waals surface area contributed by atoms with E-state index in [1.165, 1.54) is 0 Å². The number of nitrogens with one attached hydrogen (secondary N) is 2. The number of amides is 2. The summed E-state index contributed by atoms with van der Waals surface area (Å²) in [6.07, 6.45) is -0.621. The first-order valence-corrected chi connectivity index (χ1v) is 3.39. The van der Waals surface area contributed by atoms with Gasteiger partial charge in [-0.15, -0.1) is 0 Å². The van der Waals surface area contributed by atoms with Crippen molar-refractivity contribution < 1.29 is 14.7 Å². The number of carbonyl (C=O) groups excluding carboxylic acids is 1. The fourth-order valence-corrected chi connectivity index (χ4v) is 1.14. The molecule has 62 valence electrons. The maximum Gasteiger partial charge on any atom is 0.405 e. The molecule has 0 aromatic heterocycles. The van der Waals surface area contributed by atoms with Gasteiger partial charge in [0.15, 0.2) is 0 Å². The minimum absolute atomic E-state index is 0.0688. The molecule has 5 nitrogen and oxygen atoms in total. The molecule has 1 aliphatic rings. The summed E-state index contributed by atoms with van der Waals surface area (Å²) in [7, 11) is 0. The van der Waals surface area contributed by atoms with Crippen molar-refractivity contribution in [2.24, 2.45) is 0 Å². The van der Waals surface area contributed by atoms with Crippen LogP contribution in [0.5, 0.6) is 0 Å². The molecule has 11 heavy (non-hydrogen) atoms. The van der Waals surface area contributed by atoms with Gasteiger partial charge in [-0.2, -0.15) is 0 Å². The van der Waals surface area contributed by atoms with Crippen LogP contribution in [-0.2, 0) is 4.79 Å². The van der Waals surface area contributed by atoms with Gasteiger partial charge in [0.2, 0.25) is 5.91 Å². The van der Waals surface area contributed by atoms with Crippen molar-refractivity contribution in [2.75, 3.05) is 0 Å². The maximum absolute atomic E-state index is 10.9. The summed E-state index contributed by atoms with van der Waals surface area (Å²) < 4.78 is 0. The Morgan fingerprint density at radius 2 is 2.45 bits per heavy atom. The summed E-state index contributed by atoms with van der Waals surface area (Å²) in [4.78, 5) is 21.0. The van der Waals surface area contributed by atoms with Crippen LogP contribution in [0.4, 0.5) is 4.79 Å². The molecular formula is C6H10N2O3. The molecule has 2 amide bonds. The predicted octanol–water partition coefficient (Wildman–Crippen LogP) is -0.469.